The van der Waals surface area contributed by atoms with Crippen LogP contribution in [-0.2, 0) is 10.3 Å². The van der Waals surface area contributed by atoms with Crippen LogP contribution in [-0.4, -0.2) is 43.6 Å². The fourth-order valence-corrected chi connectivity index (χ4v) is 7.38. The summed E-state index contributed by atoms with van der Waals surface area (Å²) in [4.78, 5) is 18.2. The Morgan fingerprint density at radius 3 is 2.02 bits per heavy atom. The number of fused-ring (bicyclic) bond motifs is 1. The van der Waals surface area contributed by atoms with E-state index in [1.165, 1.54) is 0 Å². The molecule has 1 N–H and O–H groups in total. The summed E-state index contributed by atoms with van der Waals surface area (Å²) in [7, 11) is 0. The van der Waals surface area contributed by atoms with E-state index in [1.54, 1.807) is 0 Å². The molecule has 0 spiro atoms. The van der Waals surface area contributed by atoms with Crippen molar-refractivity contribution in [2.24, 2.45) is 5.41 Å². The summed E-state index contributed by atoms with van der Waals surface area (Å²) >= 11 is 0. The third kappa shape index (κ3) is 6.66. The third-order valence-corrected chi connectivity index (χ3v) is 9.98. The molecule has 8 nitrogen and oxygen atoms in total. The molecular weight excluding hydrogens is 657 g/mol. The molecule has 1 unspecified atom stereocenters. The lowest BCUT2D eigenvalue weighted by molar-refractivity contribution is -0.0365. The lowest BCUT2D eigenvalue weighted by atomic mass is 9.77. The zero-order valence-electron chi connectivity index (χ0n) is 30.4. The Balaban J connectivity index is 1.26. The lowest BCUT2D eigenvalue weighted by Crippen LogP contribution is -2.38. The Morgan fingerprint density at radius 1 is 0.755 bits per heavy atom. The van der Waals surface area contributed by atoms with Gasteiger partial charge in [-0.2, -0.15) is 5.10 Å². The number of benzene rings is 5. The van der Waals surface area contributed by atoms with Gasteiger partial charge in [-0.1, -0.05) is 124 Å². The highest BCUT2D eigenvalue weighted by Gasteiger charge is 2.39. The Labute approximate surface area is 310 Å². The van der Waals surface area contributed by atoms with Crippen LogP contribution in [0.3, 0.4) is 0 Å². The van der Waals surface area contributed by atoms with E-state index in [2.05, 4.69) is 117 Å². The van der Waals surface area contributed by atoms with E-state index in [9.17, 15) is 4.79 Å². The van der Waals surface area contributed by atoms with Gasteiger partial charge in [0.1, 0.15) is 17.6 Å². The maximum atomic E-state index is 13.2. The number of carbonyl (C=O) groups excluding carboxylic acids is 1. The highest BCUT2D eigenvalue weighted by atomic mass is 16.5. The minimum absolute atomic E-state index is 0.0252. The summed E-state index contributed by atoms with van der Waals surface area (Å²) in [6.07, 6.45) is 4.69. The smallest absolute Gasteiger partial charge is 0.251 e. The number of hydrogen-bond donors (Lipinski definition) is 1. The molecular formula is C45H44N6O2. The fraction of sp³-hybridized carbons (Fsp3) is 0.244. The average Bonchev–Trinajstić information content (AvgIpc) is 3.85. The van der Waals surface area contributed by atoms with E-state index in [0.29, 0.717) is 24.5 Å². The Kier molecular flexibility index (Phi) is 9.22. The molecule has 0 aliphatic carbocycles. The monoisotopic (exact) mass is 700 g/mol. The predicted molar refractivity (Wildman–Crippen MR) is 209 cm³/mol. The summed E-state index contributed by atoms with van der Waals surface area (Å²) < 4.78 is 10.2. The van der Waals surface area contributed by atoms with Gasteiger partial charge in [-0.05, 0) is 71.7 Å². The first-order chi connectivity index (χ1) is 25.8. The van der Waals surface area contributed by atoms with Crippen molar-refractivity contribution in [3.8, 4) is 22.6 Å². The standard InChI is InChI=1S/C45H44N6O2/c1-44(2,3)30-46-43(52)34-17-15-16-32(28-34)41-38-29-33(25-26-39(38)51(48-41)40-24-13-14-27-53-40)42-47-31-50(49-42)45(35-18-7-4-8-19-35,36-20-9-5-10-21-36)37-22-11-6-12-23-37/h4-12,15-23,25-26,28-29,31,40H,13-14,24,27,30H2,1-3H3,(H,46,52). The molecule has 1 aliphatic heterocycles. The molecule has 266 valence electrons. The minimum atomic E-state index is -0.776. The second kappa shape index (κ2) is 14.3. The molecule has 7 aromatic rings. The van der Waals surface area contributed by atoms with Crippen molar-refractivity contribution in [2.75, 3.05) is 13.2 Å². The van der Waals surface area contributed by atoms with Gasteiger partial charge in [-0.3, -0.25) is 4.79 Å². The summed E-state index contributed by atoms with van der Waals surface area (Å²) in [5.41, 5.74) is 6.50. The summed E-state index contributed by atoms with van der Waals surface area (Å²) in [6.45, 7) is 7.61. The molecule has 1 fully saturated rings. The number of rotatable bonds is 9. The van der Waals surface area contributed by atoms with Crippen LogP contribution in [0.4, 0.5) is 0 Å². The molecule has 1 atom stereocenters. The summed E-state index contributed by atoms with van der Waals surface area (Å²) in [6, 6.07) is 45.5. The molecule has 8 rings (SSSR count). The Hall–Kier alpha value is -5.86. The van der Waals surface area contributed by atoms with Crippen molar-refractivity contribution in [2.45, 2.75) is 51.8 Å². The maximum absolute atomic E-state index is 13.2. The van der Waals surface area contributed by atoms with Gasteiger partial charge in [0.15, 0.2) is 12.1 Å². The van der Waals surface area contributed by atoms with Gasteiger partial charge >= 0.3 is 0 Å². The van der Waals surface area contributed by atoms with Gasteiger partial charge in [0.05, 0.1) is 5.52 Å². The van der Waals surface area contributed by atoms with Crippen molar-refractivity contribution in [1.82, 2.24) is 29.9 Å². The van der Waals surface area contributed by atoms with E-state index in [0.717, 1.165) is 63.7 Å². The van der Waals surface area contributed by atoms with Crippen LogP contribution in [0.2, 0.25) is 0 Å². The third-order valence-electron chi connectivity index (χ3n) is 9.98. The number of ether oxygens (including phenoxy) is 1. The first kappa shape index (κ1) is 34.2. The molecule has 1 aliphatic rings. The first-order valence-electron chi connectivity index (χ1n) is 18.4. The van der Waals surface area contributed by atoms with Crippen LogP contribution in [0.1, 0.15) is 73.3 Å². The summed E-state index contributed by atoms with van der Waals surface area (Å²) in [5.74, 6) is 0.497. The Bertz CT molecular complexity index is 2240. The number of nitrogens with zero attached hydrogens (tertiary/aromatic N) is 5. The van der Waals surface area contributed by atoms with E-state index >= 15 is 0 Å². The molecule has 53 heavy (non-hydrogen) atoms. The largest absolute Gasteiger partial charge is 0.356 e. The highest BCUT2D eigenvalue weighted by Crippen LogP contribution is 2.41. The van der Waals surface area contributed by atoms with Gasteiger partial charge in [0.25, 0.3) is 5.91 Å². The molecule has 1 amide bonds. The van der Waals surface area contributed by atoms with Crippen molar-refractivity contribution in [3.05, 3.63) is 162 Å². The quantitative estimate of drug-likeness (QED) is 0.152. The molecule has 5 aromatic carbocycles. The normalized spacial score (nSPS) is 15.0. The zero-order chi connectivity index (χ0) is 36.4. The van der Waals surface area contributed by atoms with E-state index in [-0.39, 0.29) is 17.6 Å². The number of nitrogens with one attached hydrogen (secondary N) is 1. The van der Waals surface area contributed by atoms with Crippen LogP contribution in [0.15, 0.2) is 140 Å². The van der Waals surface area contributed by atoms with Crippen LogP contribution in [0.25, 0.3) is 33.5 Å². The molecule has 0 bridgehead atoms. The predicted octanol–water partition coefficient (Wildman–Crippen LogP) is 9.28. The number of carbonyl (C=O) groups is 1. The molecule has 0 saturated carbocycles. The van der Waals surface area contributed by atoms with E-state index < -0.39 is 5.54 Å². The van der Waals surface area contributed by atoms with Crippen LogP contribution in [0, 0.1) is 5.41 Å². The van der Waals surface area contributed by atoms with Crippen molar-refractivity contribution in [3.63, 3.8) is 0 Å². The van der Waals surface area contributed by atoms with E-state index in [4.69, 9.17) is 19.9 Å². The van der Waals surface area contributed by atoms with Crippen LogP contribution in [0.5, 0.6) is 0 Å². The lowest BCUT2D eigenvalue weighted by Gasteiger charge is -2.35. The molecule has 3 heterocycles. The second-order valence-corrected chi connectivity index (χ2v) is 15.0. The highest BCUT2D eigenvalue weighted by molar-refractivity contribution is 5.99. The number of hydrogen-bond acceptors (Lipinski definition) is 5. The topological polar surface area (TPSA) is 86.9 Å². The number of amides is 1. The van der Waals surface area contributed by atoms with Crippen molar-refractivity contribution >= 4 is 16.8 Å². The van der Waals surface area contributed by atoms with E-state index in [1.807, 2.05) is 58.2 Å². The first-order valence-corrected chi connectivity index (χ1v) is 18.4. The van der Waals surface area contributed by atoms with Gasteiger partial charge in [0.2, 0.25) is 0 Å². The number of aromatic nitrogens is 5. The van der Waals surface area contributed by atoms with Gasteiger partial charge in [-0.15, -0.1) is 5.10 Å². The molecule has 8 heteroatoms. The molecule has 2 aromatic heterocycles. The second-order valence-electron chi connectivity index (χ2n) is 15.0. The van der Waals surface area contributed by atoms with Gasteiger partial charge in [0, 0.05) is 35.2 Å². The zero-order valence-corrected chi connectivity index (χ0v) is 30.4. The maximum Gasteiger partial charge on any atom is 0.251 e. The van der Waals surface area contributed by atoms with Crippen molar-refractivity contribution in [1.29, 1.82) is 0 Å². The van der Waals surface area contributed by atoms with Crippen LogP contribution < -0.4 is 5.32 Å². The van der Waals surface area contributed by atoms with Crippen molar-refractivity contribution < 1.29 is 9.53 Å². The molecule has 1 saturated heterocycles. The minimum Gasteiger partial charge on any atom is -0.356 e. The fourth-order valence-electron chi connectivity index (χ4n) is 7.38. The SMILES string of the molecule is CC(C)(C)CNC(=O)c1cccc(-c2nn(C3CCCCO3)c3ccc(-c4ncn(C(c5ccccc5)(c5ccccc5)c5ccccc5)n4)cc23)c1. The van der Waals surface area contributed by atoms with Crippen LogP contribution >= 0.6 is 0 Å². The average molecular weight is 701 g/mol. The van der Waals surface area contributed by atoms with Gasteiger partial charge in [-0.25, -0.2) is 14.3 Å². The molecule has 0 radical (unpaired) electrons. The Morgan fingerprint density at radius 2 is 1.42 bits per heavy atom. The summed E-state index contributed by atoms with van der Waals surface area (Å²) in [5, 5.41) is 14.5. The van der Waals surface area contributed by atoms with Gasteiger partial charge < -0.3 is 10.1 Å².